The fourth-order valence-corrected chi connectivity index (χ4v) is 3.33. The van der Waals surface area contributed by atoms with Crippen molar-refractivity contribution in [1.82, 2.24) is 19.5 Å². The molecule has 0 bridgehead atoms. The van der Waals surface area contributed by atoms with Crippen molar-refractivity contribution < 1.29 is 4.74 Å². The number of anilines is 1. The molecule has 1 unspecified atom stereocenters. The van der Waals surface area contributed by atoms with Crippen LogP contribution in [-0.2, 0) is 17.7 Å². The quantitative estimate of drug-likeness (QED) is 0.882. The van der Waals surface area contributed by atoms with Crippen molar-refractivity contribution in [2.45, 2.75) is 52.6 Å². The fourth-order valence-electron chi connectivity index (χ4n) is 3.33. The van der Waals surface area contributed by atoms with Gasteiger partial charge in [-0.1, -0.05) is 6.92 Å². The van der Waals surface area contributed by atoms with E-state index in [1.807, 2.05) is 25.4 Å². The molecule has 0 amide bonds. The Balaban J connectivity index is 1.91. The van der Waals surface area contributed by atoms with Gasteiger partial charge in [0.25, 0.3) is 0 Å². The number of ether oxygens (including phenoxy) is 1. The summed E-state index contributed by atoms with van der Waals surface area (Å²) in [5.74, 6) is 3.34. The van der Waals surface area contributed by atoms with Gasteiger partial charge < -0.3 is 14.6 Å². The van der Waals surface area contributed by atoms with Crippen LogP contribution in [0.1, 0.15) is 50.1 Å². The molecule has 1 saturated heterocycles. The predicted octanol–water partition coefficient (Wildman–Crippen LogP) is 3.14. The highest BCUT2D eigenvalue weighted by Gasteiger charge is 2.29. The number of aromatic nitrogens is 4. The lowest BCUT2D eigenvalue weighted by Crippen LogP contribution is -2.29. The maximum absolute atomic E-state index is 5.55. The van der Waals surface area contributed by atoms with Crippen LogP contribution in [0.25, 0.3) is 0 Å². The van der Waals surface area contributed by atoms with Crippen molar-refractivity contribution in [3.8, 4) is 0 Å². The third-order valence-corrected chi connectivity index (χ3v) is 4.62. The largest absolute Gasteiger partial charge is 0.381 e. The molecule has 2 aromatic rings. The second-order valence-corrected chi connectivity index (χ2v) is 6.31. The van der Waals surface area contributed by atoms with Gasteiger partial charge >= 0.3 is 0 Å². The standard InChI is InChI=1S/C18H27N5O/c1-4-15-20-13(3)12-16(21-15)22-17(14-6-10-24-11-7-14)18-19-8-9-23(18)5-2/h8-9,12,14,17H,4-7,10-11H2,1-3H3,(H,20,21,22). The van der Waals surface area contributed by atoms with Gasteiger partial charge in [0.1, 0.15) is 17.5 Å². The Morgan fingerprint density at radius 1 is 1.29 bits per heavy atom. The van der Waals surface area contributed by atoms with Crippen molar-refractivity contribution in [3.05, 3.63) is 35.8 Å². The first-order valence-corrected chi connectivity index (χ1v) is 8.91. The molecule has 1 fully saturated rings. The summed E-state index contributed by atoms with van der Waals surface area (Å²) in [6, 6.07) is 2.16. The summed E-state index contributed by atoms with van der Waals surface area (Å²) < 4.78 is 7.76. The van der Waals surface area contributed by atoms with Crippen LogP contribution in [-0.4, -0.2) is 32.7 Å². The van der Waals surface area contributed by atoms with Crippen molar-refractivity contribution in [3.63, 3.8) is 0 Å². The maximum Gasteiger partial charge on any atom is 0.131 e. The van der Waals surface area contributed by atoms with E-state index in [-0.39, 0.29) is 6.04 Å². The summed E-state index contributed by atoms with van der Waals surface area (Å²) in [4.78, 5) is 13.8. The SMILES string of the molecule is CCc1nc(C)cc(NC(c2nccn2CC)C2CCOCC2)n1. The van der Waals surface area contributed by atoms with Crippen LogP contribution in [0.4, 0.5) is 5.82 Å². The topological polar surface area (TPSA) is 64.9 Å². The summed E-state index contributed by atoms with van der Waals surface area (Å²) >= 11 is 0. The molecule has 1 aliphatic rings. The van der Waals surface area contributed by atoms with Gasteiger partial charge in [-0.15, -0.1) is 0 Å². The zero-order valence-corrected chi connectivity index (χ0v) is 14.8. The van der Waals surface area contributed by atoms with Gasteiger partial charge in [0.05, 0.1) is 6.04 Å². The Hall–Kier alpha value is -1.95. The van der Waals surface area contributed by atoms with Crippen LogP contribution in [0.15, 0.2) is 18.5 Å². The first-order valence-electron chi connectivity index (χ1n) is 8.91. The van der Waals surface area contributed by atoms with E-state index < -0.39 is 0 Å². The smallest absolute Gasteiger partial charge is 0.131 e. The average Bonchev–Trinajstić information content (AvgIpc) is 3.08. The molecule has 2 aromatic heterocycles. The number of imidazole rings is 1. The zero-order valence-electron chi connectivity index (χ0n) is 14.8. The molecule has 0 aromatic carbocycles. The second-order valence-electron chi connectivity index (χ2n) is 6.31. The number of hydrogen-bond acceptors (Lipinski definition) is 5. The summed E-state index contributed by atoms with van der Waals surface area (Å²) in [5.41, 5.74) is 0.994. The van der Waals surface area contributed by atoms with E-state index in [4.69, 9.17) is 4.74 Å². The highest BCUT2D eigenvalue weighted by Crippen LogP contribution is 2.32. The van der Waals surface area contributed by atoms with Gasteiger partial charge in [0, 0.05) is 50.3 Å². The Bertz CT molecular complexity index is 663. The molecule has 0 radical (unpaired) electrons. The molecule has 3 rings (SSSR count). The predicted molar refractivity (Wildman–Crippen MR) is 94.0 cm³/mol. The number of hydrogen-bond donors (Lipinski definition) is 1. The summed E-state index contributed by atoms with van der Waals surface area (Å²) in [7, 11) is 0. The van der Waals surface area contributed by atoms with Gasteiger partial charge in [-0.25, -0.2) is 15.0 Å². The lowest BCUT2D eigenvalue weighted by atomic mass is 9.91. The molecule has 24 heavy (non-hydrogen) atoms. The molecular weight excluding hydrogens is 302 g/mol. The van der Waals surface area contributed by atoms with E-state index in [0.29, 0.717) is 5.92 Å². The van der Waals surface area contributed by atoms with E-state index in [2.05, 4.69) is 38.7 Å². The van der Waals surface area contributed by atoms with Crippen molar-refractivity contribution in [1.29, 1.82) is 0 Å². The van der Waals surface area contributed by atoms with Crippen LogP contribution in [0, 0.1) is 12.8 Å². The fraction of sp³-hybridized carbons (Fsp3) is 0.611. The summed E-state index contributed by atoms with van der Waals surface area (Å²) in [6.07, 6.45) is 6.85. The molecule has 3 heterocycles. The monoisotopic (exact) mass is 329 g/mol. The van der Waals surface area contributed by atoms with Crippen LogP contribution in [0.5, 0.6) is 0 Å². The van der Waals surface area contributed by atoms with Gasteiger partial charge in [0.15, 0.2) is 0 Å². The molecule has 130 valence electrons. The molecule has 6 heteroatoms. The third-order valence-electron chi connectivity index (χ3n) is 4.62. The molecule has 0 spiro atoms. The Kier molecular flexibility index (Phi) is 5.45. The Morgan fingerprint density at radius 3 is 2.79 bits per heavy atom. The molecular formula is C18H27N5O. The number of rotatable bonds is 6. The van der Waals surface area contributed by atoms with Crippen molar-refractivity contribution in [2.24, 2.45) is 5.92 Å². The van der Waals surface area contributed by atoms with Crippen LogP contribution < -0.4 is 5.32 Å². The lowest BCUT2D eigenvalue weighted by Gasteiger charge is -2.31. The van der Waals surface area contributed by atoms with E-state index in [0.717, 1.165) is 62.2 Å². The van der Waals surface area contributed by atoms with E-state index in [1.54, 1.807) is 0 Å². The van der Waals surface area contributed by atoms with Crippen molar-refractivity contribution >= 4 is 5.82 Å². The molecule has 0 aliphatic carbocycles. The highest BCUT2D eigenvalue weighted by atomic mass is 16.5. The summed E-state index contributed by atoms with van der Waals surface area (Å²) in [5, 5.41) is 3.65. The second kappa shape index (κ2) is 7.75. The van der Waals surface area contributed by atoms with Crippen LogP contribution in [0.3, 0.4) is 0 Å². The number of aryl methyl sites for hydroxylation is 3. The highest BCUT2D eigenvalue weighted by molar-refractivity contribution is 5.38. The molecule has 1 N–H and O–H groups in total. The molecule has 6 nitrogen and oxygen atoms in total. The van der Waals surface area contributed by atoms with E-state index >= 15 is 0 Å². The van der Waals surface area contributed by atoms with E-state index in [9.17, 15) is 0 Å². The zero-order chi connectivity index (χ0) is 16.9. The lowest BCUT2D eigenvalue weighted by molar-refractivity contribution is 0.0593. The van der Waals surface area contributed by atoms with Crippen LogP contribution >= 0.6 is 0 Å². The minimum Gasteiger partial charge on any atom is -0.381 e. The van der Waals surface area contributed by atoms with E-state index in [1.165, 1.54) is 0 Å². The molecule has 0 saturated carbocycles. The Labute approximate surface area is 143 Å². The van der Waals surface area contributed by atoms with Crippen LogP contribution in [0.2, 0.25) is 0 Å². The van der Waals surface area contributed by atoms with Gasteiger partial charge in [-0.3, -0.25) is 0 Å². The Morgan fingerprint density at radius 2 is 2.08 bits per heavy atom. The maximum atomic E-state index is 5.55. The normalized spacial score (nSPS) is 17.0. The van der Waals surface area contributed by atoms with Gasteiger partial charge in [-0.05, 0) is 32.6 Å². The third kappa shape index (κ3) is 3.75. The van der Waals surface area contributed by atoms with Gasteiger partial charge in [0.2, 0.25) is 0 Å². The average molecular weight is 329 g/mol. The summed E-state index contributed by atoms with van der Waals surface area (Å²) in [6.45, 7) is 8.80. The molecule has 1 atom stereocenters. The molecule has 1 aliphatic heterocycles. The number of nitrogens with zero attached hydrogens (tertiary/aromatic N) is 4. The van der Waals surface area contributed by atoms with Gasteiger partial charge in [-0.2, -0.15) is 0 Å². The minimum atomic E-state index is 0.142. The first-order chi connectivity index (χ1) is 11.7. The number of nitrogens with one attached hydrogen (secondary N) is 1. The minimum absolute atomic E-state index is 0.142. The first kappa shape index (κ1) is 16.9. The van der Waals surface area contributed by atoms with Crippen molar-refractivity contribution in [2.75, 3.05) is 18.5 Å².